The van der Waals surface area contributed by atoms with Crippen LogP contribution in [0.5, 0.6) is 5.75 Å². The van der Waals surface area contributed by atoms with Crippen LogP contribution >= 0.6 is 0 Å². The zero-order valence-corrected chi connectivity index (χ0v) is 16.2. The quantitative estimate of drug-likeness (QED) is 0.670. The molecular weight excluding hydrogens is 332 g/mol. The van der Waals surface area contributed by atoms with Crippen LogP contribution in [0.15, 0.2) is 36.4 Å². The second kappa shape index (κ2) is 6.56. The molecule has 0 unspecified atom stereocenters. The normalized spacial score (nSPS) is 28.9. The molecule has 5 rings (SSSR count). The van der Waals surface area contributed by atoms with E-state index in [0.717, 1.165) is 36.7 Å². The van der Waals surface area contributed by atoms with Crippen LogP contribution < -0.4 is 10.6 Å². The molecule has 2 fully saturated rings. The van der Waals surface area contributed by atoms with E-state index in [4.69, 9.17) is 0 Å². The summed E-state index contributed by atoms with van der Waals surface area (Å²) in [5.74, 6) is 1.14. The Hall–Kier alpha value is -2.00. The molecule has 2 aromatic rings. The summed E-state index contributed by atoms with van der Waals surface area (Å²) in [6, 6.07) is 13.4. The predicted octanol–water partition coefficient (Wildman–Crippen LogP) is 5.04. The molecule has 142 valence electrons. The standard InChI is InChI=1S/C24H30N2O/c1-2-16-6-8-18(9-7-16)26-22-14-17-13-21-19-5-3-4-10-24(19,11-12-25-21)20(17)15-23(22)27/h6-9,14-15,19,21,25-27H,2-5,10-13H2,1H3/t19-,21+,24+/m0/s1. The van der Waals surface area contributed by atoms with Gasteiger partial charge < -0.3 is 15.7 Å². The summed E-state index contributed by atoms with van der Waals surface area (Å²) >= 11 is 0. The molecule has 1 saturated heterocycles. The molecule has 3 aliphatic rings. The molecule has 0 aromatic heterocycles. The number of anilines is 2. The molecule has 3 atom stereocenters. The smallest absolute Gasteiger partial charge is 0.139 e. The van der Waals surface area contributed by atoms with Gasteiger partial charge in [-0.2, -0.15) is 0 Å². The lowest BCUT2D eigenvalue weighted by Crippen LogP contribution is -2.59. The second-order valence-corrected chi connectivity index (χ2v) is 8.73. The van der Waals surface area contributed by atoms with E-state index in [1.54, 1.807) is 0 Å². The first-order valence-electron chi connectivity index (χ1n) is 10.7. The van der Waals surface area contributed by atoms with Gasteiger partial charge in [-0.3, -0.25) is 0 Å². The van der Waals surface area contributed by atoms with Gasteiger partial charge in [-0.05, 0) is 85.5 Å². The number of aromatic hydroxyl groups is 1. The Bertz CT molecular complexity index is 840. The van der Waals surface area contributed by atoms with Gasteiger partial charge >= 0.3 is 0 Å². The highest BCUT2D eigenvalue weighted by Gasteiger charge is 2.51. The minimum absolute atomic E-state index is 0.292. The van der Waals surface area contributed by atoms with Gasteiger partial charge in [0.15, 0.2) is 0 Å². The van der Waals surface area contributed by atoms with Crippen molar-refractivity contribution >= 4 is 11.4 Å². The van der Waals surface area contributed by atoms with Gasteiger partial charge in [0.05, 0.1) is 5.69 Å². The molecule has 0 radical (unpaired) electrons. The maximum atomic E-state index is 10.8. The van der Waals surface area contributed by atoms with Gasteiger partial charge in [0.1, 0.15) is 5.75 Å². The van der Waals surface area contributed by atoms with Crippen molar-refractivity contribution in [1.29, 1.82) is 0 Å². The topological polar surface area (TPSA) is 44.3 Å². The van der Waals surface area contributed by atoms with Gasteiger partial charge in [0.2, 0.25) is 0 Å². The lowest BCUT2D eigenvalue weighted by molar-refractivity contribution is 0.0796. The highest BCUT2D eigenvalue weighted by atomic mass is 16.3. The molecular formula is C24H30N2O. The lowest BCUT2D eigenvalue weighted by Gasteiger charge is -2.56. The maximum Gasteiger partial charge on any atom is 0.139 e. The van der Waals surface area contributed by atoms with Crippen LogP contribution in [-0.2, 0) is 18.3 Å². The number of phenolic OH excluding ortho intramolecular Hbond substituents is 1. The van der Waals surface area contributed by atoms with Crippen LogP contribution in [0.3, 0.4) is 0 Å². The van der Waals surface area contributed by atoms with Crippen molar-refractivity contribution in [3.63, 3.8) is 0 Å². The fourth-order valence-electron chi connectivity index (χ4n) is 6.05. The van der Waals surface area contributed by atoms with Gasteiger partial charge in [0, 0.05) is 17.1 Å². The molecule has 2 bridgehead atoms. The number of hydrogen-bond acceptors (Lipinski definition) is 3. The molecule has 3 N–H and O–H groups in total. The highest BCUT2D eigenvalue weighted by molar-refractivity contribution is 5.69. The van der Waals surface area contributed by atoms with Crippen LogP contribution in [0.4, 0.5) is 11.4 Å². The molecule has 2 aliphatic carbocycles. The van der Waals surface area contributed by atoms with Crippen molar-refractivity contribution in [2.45, 2.75) is 63.3 Å². The van der Waals surface area contributed by atoms with Crippen LogP contribution in [0.1, 0.15) is 55.7 Å². The van der Waals surface area contributed by atoms with Crippen LogP contribution in [0, 0.1) is 5.92 Å². The first-order valence-corrected chi connectivity index (χ1v) is 10.7. The van der Waals surface area contributed by atoms with E-state index in [-0.39, 0.29) is 0 Å². The van der Waals surface area contributed by atoms with Crippen molar-refractivity contribution in [2.24, 2.45) is 5.92 Å². The summed E-state index contributed by atoms with van der Waals surface area (Å²) in [7, 11) is 0. The van der Waals surface area contributed by atoms with Gasteiger partial charge in [-0.1, -0.05) is 31.9 Å². The van der Waals surface area contributed by atoms with E-state index in [2.05, 4.69) is 54.0 Å². The van der Waals surface area contributed by atoms with Crippen molar-refractivity contribution in [2.75, 3.05) is 11.9 Å². The number of phenols is 1. The minimum Gasteiger partial charge on any atom is -0.506 e. The molecule has 1 heterocycles. The first-order chi connectivity index (χ1) is 13.2. The maximum absolute atomic E-state index is 10.8. The molecule has 1 aliphatic heterocycles. The number of nitrogens with one attached hydrogen (secondary N) is 2. The fourth-order valence-corrected chi connectivity index (χ4v) is 6.05. The monoisotopic (exact) mass is 362 g/mol. The van der Waals surface area contributed by atoms with Crippen LogP contribution in [0.25, 0.3) is 0 Å². The second-order valence-electron chi connectivity index (χ2n) is 8.73. The van der Waals surface area contributed by atoms with E-state index in [1.165, 1.54) is 48.8 Å². The summed E-state index contributed by atoms with van der Waals surface area (Å²) in [6.07, 6.45) is 8.65. The number of aryl methyl sites for hydroxylation is 1. The fraction of sp³-hybridized carbons (Fsp3) is 0.500. The summed E-state index contributed by atoms with van der Waals surface area (Å²) < 4.78 is 0. The van der Waals surface area contributed by atoms with Gasteiger partial charge in [-0.15, -0.1) is 0 Å². The molecule has 27 heavy (non-hydrogen) atoms. The molecule has 2 aromatic carbocycles. The van der Waals surface area contributed by atoms with Crippen molar-refractivity contribution in [1.82, 2.24) is 5.32 Å². The Morgan fingerprint density at radius 3 is 2.81 bits per heavy atom. The molecule has 3 heteroatoms. The van der Waals surface area contributed by atoms with Gasteiger partial charge in [0.25, 0.3) is 0 Å². The van der Waals surface area contributed by atoms with Crippen molar-refractivity contribution in [3.8, 4) is 5.75 Å². The van der Waals surface area contributed by atoms with Crippen LogP contribution in [-0.4, -0.2) is 17.7 Å². The first kappa shape index (κ1) is 17.1. The zero-order valence-electron chi connectivity index (χ0n) is 16.2. The molecule has 0 spiro atoms. The van der Waals surface area contributed by atoms with E-state index < -0.39 is 0 Å². The Kier molecular flexibility index (Phi) is 4.16. The number of hydrogen-bond donors (Lipinski definition) is 3. The third-order valence-electron chi connectivity index (χ3n) is 7.40. The number of piperidine rings is 1. The van der Waals surface area contributed by atoms with Gasteiger partial charge in [-0.25, -0.2) is 0 Å². The molecule has 1 saturated carbocycles. The van der Waals surface area contributed by atoms with Crippen molar-refractivity contribution < 1.29 is 5.11 Å². The lowest BCUT2D eigenvalue weighted by atomic mass is 9.53. The van der Waals surface area contributed by atoms with Crippen molar-refractivity contribution in [3.05, 3.63) is 53.1 Å². The van der Waals surface area contributed by atoms with E-state index in [0.29, 0.717) is 17.2 Å². The highest BCUT2D eigenvalue weighted by Crippen LogP contribution is 2.55. The third-order valence-corrected chi connectivity index (χ3v) is 7.40. The van der Waals surface area contributed by atoms with Crippen LogP contribution in [0.2, 0.25) is 0 Å². The summed E-state index contributed by atoms with van der Waals surface area (Å²) in [5, 5.41) is 18.1. The largest absolute Gasteiger partial charge is 0.506 e. The Balaban J connectivity index is 1.51. The Morgan fingerprint density at radius 2 is 2.00 bits per heavy atom. The third kappa shape index (κ3) is 2.75. The predicted molar refractivity (Wildman–Crippen MR) is 111 cm³/mol. The SMILES string of the molecule is CCc1ccc(Nc2cc3c(cc2O)[C@@]24CCCC[C@H]2[C@@H](C3)NCC4)cc1. The molecule has 3 nitrogen and oxygen atoms in total. The Labute approximate surface area is 162 Å². The molecule has 0 amide bonds. The average molecular weight is 363 g/mol. The Morgan fingerprint density at radius 1 is 1.15 bits per heavy atom. The number of benzene rings is 2. The summed E-state index contributed by atoms with van der Waals surface area (Å²) in [4.78, 5) is 0. The number of fused-ring (bicyclic) bond motifs is 1. The van der Waals surface area contributed by atoms with E-state index >= 15 is 0 Å². The number of rotatable bonds is 3. The minimum atomic E-state index is 0.292. The van der Waals surface area contributed by atoms with E-state index in [9.17, 15) is 5.11 Å². The zero-order chi connectivity index (χ0) is 18.4. The summed E-state index contributed by atoms with van der Waals surface area (Å²) in [6.45, 7) is 3.28. The van der Waals surface area contributed by atoms with E-state index in [1.807, 2.05) is 0 Å². The summed E-state index contributed by atoms with van der Waals surface area (Å²) in [5.41, 5.74) is 6.36. The average Bonchev–Trinajstić information content (AvgIpc) is 2.70.